The van der Waals surface area contributed by atoms with Gasteiger partial charge in [0.05, 0.1) is 5.70 Å². The molecular weight excluding hydrogens is 471 g/mol. The zero-order chi connectivity index (χ0) is 21.8. The van der Waals surface area contributed by atoms with Crippen molar-refractivity contribution in [2.45, 2.75) is 12.1 Å². The third kappa shape index (κ3) is 2.88. The molecule has 2 aliphatic rings. The summed E-state index contributed by atoms with van der Waals surface area (Å²) >= 11 is 3.53. The molecule has 0 saturated carbocycles. The van der Waals surface area contributed by atoms with Gasteiger partial charge in [-0.3, -0.25) is 0 Å². The number of hydrogen-bond donors (Lipinski definition) is 0. The van der Waals surface area contributed by atoms with Crippen LogP contribution in [-0.2, 0) is 0 Å². The molecule has 7 heteroatoms. The maximum Gasteiger partial charge on any atom is 0.229 e. The first-order valence-corrected chi connectivity index (χ1v) is 11.1. The van der Waals surface area contributed by atoms with Crippen molar-refractivity contribution < 1.29 is 9.13 Å². The molecule has 2 aliphatic heterocycles. The summed E-state index contributed by atoms with van der Waals surface area (Å²) in [6.07, 6.45) is 1.21. The van der Waals surface area contributed by atoms with E-state index in [2.05, 4.69) is 49.1 Å². The summed E-state index contributed by atoms with van der Waals surface area (Å²) in [5, 5.41) is 4.55. The van der Waals surface area contributed by atoms with Crippen molar-refractivity contribution in [3.63, 3.8) is 0 Å². The highest BCUT2D eigenvalue weighted by Gasteiger charge is 2.42. The third-order valence-electron chi connectivity index (χ3n) is 6.03. The lowest BCUT2D eigenvalue weighted by Crippen LogP contribution is -2.37. The number of fused-ring (bicyclic) bond motifs is 3. The minimum absolute atomic E-state index is 0.274. The van der Waals surface area contributed by atoms with Crippen LogP contribution in [0.15, 0.2) is 89.2 Å². The van der Waals surface area contributed by atoms with Crippen molar-refractivity contribution >= 4 is 27.6 Å². The van der Waals surface area contributed by atoms with Crippen molar-refractivity contribution in [3.05, 3.63) is 112 Å². The Morgan fingerprint density at radius 1 is 0.938 bits per heavy atom. The Hall–Kier alpha value is -3.45. The zero-order valence-electron chi connectivity index (χ0n) is 17.1. The summed E-state index contributed by atoms with van der Waals surface area (Å²) in [7, 11) is 2.00. The summed E-state index contributed by atoms with van der Waals surface area (Å²) in [6.45, 7) is 0. The number of aromatic nitrogens is 3. The molecule has 0 radical (unpaired) electrons. The second-order valence-electron chi connectivity index (χ2n) is 7.87. The Morgan fingerprint density at radius 2 is 1.66 bits per heavy atom. The van der Waals surface area contributed by atoms with Crippen LogP contribution in [-0.4, -0.2) is 21.8 Å². The molecule has 0 fully saturated rings. The molecule has 6 rings (SSSR count). The van der Waals surface area contributed by atoms with Crippen LogP contribution in [0.4, 0.5) is 10.3 Å². The summed E-state index contributed by atoms with van der Waals surface area (Å²) < 4.78 is 23.3. The molecule has 1 aromatic heterocycles. The normalized spacial score (nSPS) is 19.2. The molecule has 0 amide bonds. The highest BCUT2D eigenvalue weighted by Crippen LogP contribution is 2.52. The number of hydrogen-bond acceptors (Lipinski definition) is 4. The van der Waals surface area contributed by atoms with E-state index in [-0.39, 0.29) is 18.0 Å². The molecule has 0 unspecified atom stereocenters. The van der Waals surface area contributed by atoms with Gasteiger partial charge in [-0.2, -0.15) is 10.1 Å². The van der Waals surface area contributed by atoms with E-state index in [9.17, 15) is 4.39 Å². The monoisotopic (exact) mass is 488 g/mol. The number of rotatable bonds is 2. The molecule has 32 heavy (non-hydrogen) atoms. The number of nitrogens with zero attached hydrogens (tertiary/aromatic N) is 4. The second kappa shape index (κ2) is 7.31. The Balaban J connectivity index is 1.65. The first kappa shape index (κ1) is 19.3. The average Bonchev–Trinajstić information content (AvgIpc) is 3.30. The minimum Gasteiger partial charge on any atom is -0.480 e. The lowest BCUT2D eigenvalue weighted by Gasteiger charge is -2.42. The Kier molecular flexibility index (Phi) is 4.40. The first-order valence-electron chi connectivity index (χ1n) is 10.3. The molecule has 0 spiro atoms. The Labute approximate surface area is 192 Å². The maximum absolute atomic E-state index is 13.8. The number of halogens is 2. The van der Waals surface area contributed by atoms with Crippen LogP contribution in [0.5, 0.6) is 5.75 Å². The van der Waals surface area contributed by atoms with Gasteiger partial charge in [0.25, 0.3) is 0 Å². The van der Waals surface area contributed by atoms with Gasteiger partial charge in [-0.25, -0.2) is 9.07 Å². The van der Waals surface area contributed by atoms with E-state index in [1.807, 2.05) is 42.1 Å². The van der Waals surface area contributed by atoms with E-state index in [1.165, 1.54) is 12.1 Å². The number of para-hydroxylation sites is 1. The molecule has 0 N–H and O–H groups in total. The van der Waals surface area contributed by atoms with Crippen LogP contribution in [0, 0.1) is 5.82 Å². The maximum atomic E-state index is 13.8. The van der Waals surface area contributed by atoms with E-state index in [1.54, 1.807) is 18.5 Å². The van der Waals surface area contributed by atoms with Gasteiger partial charge in [-0.15, -0.1) is 0 Å². The minimum atomic E-state index is -0.345. The lowest BCUT2D eigenvalue weighted by atomic mass is 9.84. The van der Waals surface area contributed by atoms with Gasteiger partial charge in [0.1, 0.15) is 30.0 Å². The smallest absolute Gasteiger partial charge is 0.229 e. The summed E-state index contributed by atoms with van der Waals surface area (Å²) in [5.41, 5.74) is 5.02. The largest absolute Gasteiger partial charge is 0.480 e. The summed E-state index contributed by atoms with van der Waals surface area (Å²) in [4.78, 5) is 6.59. The van der Waals surface area contributed by atoms with Crippen molar-refractivity contribution in [1.29, 1.82) is 0 Å². The topological polar surface area (TPSA) is 43.2 Å². The summed E-state index contributed by atoms with van der Waals surface area (Å²) in [6, 6.07) is 22.5. The Bertz CT molecular complexity index is 1350. The number of anilines is 1. The molecule has 4 aromatic rings. The van der Waals surface area contributed by atoms with E-state index in [0.29, 0.717) is 0 Å². The SMILES string of the molecule is CN1C2=C([C@H](c3ccc(Br)cc3)Oc3ccccc32)[C@H](c2ccc(F)cc2)n2ncnc21. The predicted molar refractivity (Wildman–Crippen MR) is 124 cm³/mol. The highest BCUT2D eigenvalue weighted by molar-refractivity contribution is 9.10. The number of ether oxygens (including phenoxy) is 1. The fraction of sp³-hybridized carbons (Fsp3) is 0.120. The fourth-order valence-corrected chi connectivity index (χ4v) is 4.90. The van der Waals surface area contributed by atoms with Gasteiger partial charge in [0.2, 0.25) is 5.95 Å². The van der Waals surface area contributed by atoms with Crippen LogP contribution in [0.3, 0.4) is 0 Å². The molecule has 2 atom stereocenters. The predicted octanol–water partition coefficient (Wildman–Crippen LogP) is 5.76. The molecule has 158 valence electrons. The van der Waals surface area contributed by atoms with Crippen molar-refractivity contribution in [1.82, 2.24) is 14.8 Å². The average molecular weight is 489 g/mol. The van der Waals surface area contributed by atoms with Gasteiger partial charge in [0.15, 0.2) is 0 Å². The molecule has 0 aliphatic carbocycles. The molecular formula is C25H18BrFN4O. The molecule has 0 saturated heterocycles. The first-order chi connectivity index (χ1) is 15.6. The molecule has 3 heterocycles. The highest BCUT2D eigenvalue weighted by atomic mass is 79.9. The molecule has 5 nitrogen and oxygen atoms in total. The van der Waals surface area contributed by atoms with E-state index >= 15 is 0 Å². The standard InChI is InChI=1S/C25H18BrFN4O/c1-30-23-19-4-2-3-5-20(19)32-24(16-6-10-17(26)11-7-16)21(23)22(31-25(30)28-14-29-31)15-8-12-18(27)13-9-15/h2-14,22,24H,1H3/t22-,24-/m0/s1. The number of benzene rings is 3. The summed E-state index contributed by atoms with van der Waals surface area (Å²) in [5.74, 6) is 1.27. The fourth-order valence-electron chi connectivity index (χ4n) is 4.63. The molecule has 0 bridgehead atoms. The van der Waals surface area contributed by atoms with Crippen molar-refractivity contribution in [3.8, 4) is 5.75 Å². The van der Waals surface area contributed by atoms with Crippen molar-refractivity contribution in [2.24, 2.45) is 0 Å². The van der Waals surface area contributed by atoms with Crippen LogP contribution in [0.2, 0.25) is 0 Å². The van der Waals surface area contributed by atoms with Gasteiger partial charge in [-0.1, -0.05) is 52.3 Å². The van der Waals surface area contributed by atoms with E-state index in [4.69, 9.17) is 4.74 Å². The van der Waals surface area contributed by atoms with Crippen LogP contribution < -0.4 is 9.64 Å². The van der Waals surface area contributed by atoms with Crippen LogP contribution in [0.25, 0.3) is 5.70 Å². The lowest BCUT2D eigenvalue weighted by molar-refractivity contribution is 0.222. The Morgan fingerprint density at radius 3 is 2.44 bits per heavy atom. The van der Waals surface area contributed by atoms with E-state index in [0.717, 1.165) is 44.1 Å². The quantitative estimate of drug-likeness (QED) is 0.359. The van der Waals surface area contributed by atoms with Gasteiger partial charge < -0.3 is 9.64 Å². The second-order valence-corrected chi connectivity index (χ2v) is 8.78. The van der Waals surface area contributed by atoms with Gasteiger partial charge in [0, 0.05) is 22.7 Å². The molecule has 3 aromatic carbocycles. The zero-order valence-corrected chi connectivity index (χ0v) is 18.7. The van der Waals surface area contributed by atoms with E-state index < -0.39 is 0 Å². The van der Waals surface area contributed by atoms with Crippen molar-refractivity contribution in [2.75, 3.05) is 11.9 Å². The van der Waals surface area contributed by atoms with Crippen LogP contribution >= 0.6 is 15.9 Å². The van der Waals surface area contributed by atoms with Gasteiger partial charge >= 0.3 is 0 Å². The van der Waals surface area contributed by atoms with Gasteiger partial charge in [-0.05, 0) is 47.5 Å². The van der Waals surface area contributed by atoms with Crippen LogP contribution in [0.1, 0.15) is 28.8 Å². The third-order valence-corrected chi connectivity index (χ3v) is 6.56.